The number of aromatic amines is 1. The molecule has 1 aromatic heterocycles. The van der Waals surface area contributed by atoms with E-state index in [2.05, 4.69) is 21.9 Å². The molecule has 0 fully saturated rings. The van der Waals surface area contributed by atoms with Crippen LogP contribution >= 0.6 is 11.8 Å². The Labute approximate surface area is 171 Å². The summed E-state index contributed by atoms with van der Waals surface area (Å²) in [4.78, 5) is 33.3. The molecule has 29 heavy (non-hydrogen) atoms. The van der Waals surface area contributed by atoms with Crippen molar-refractivity contribution in [3.8, 4) is 11.5 Å². The number of Topliss-reactive ketones (excluding diaryl/α,β-unsaturated/α-hetero) is 1. The van der Waals surface area contributed by atoms with Crippen LogP contribution < -0.4 is 15.6 Å². The lowest BCUT2D eigenvalue weighted by Crippen LogP contribution is -2.32. The molecule has 1 aliphatic heterocycles. The number of benzene rings is 1. The molecule has 1 atom stereocenters. The number of nitrogens with one attached hydrogen (secondary N) is 2. The van der Waals surface area contributed by atoms with Gasteiger partial charge in [0.1, 0.15) is 5.82 Å². The van der Waals surface area contributed by atoms with E-state index in [0.29, 0.717) is 39.8 Å². The number of fused-ring (bicyclic) bond motifs is 1. The molecule has 0 bridgehead atoms. The highest BCUT2D eigenvalue weighted by Crippen LogP contribution is 2.44. The van der Waals surface area contributed by atoms with Gasteiger partial charge < -0.3 is 20.1 Å². The molecule has 2 aliphatic rings. The van der Waals surface area contributed by atoms with Gasteiger partial charge in [0, 0.05) is 29.4 Å². The van der Waals surface area contributed by atoms with Crippen molar-refractivity contribution in [1.29, 1.82) is 0 Å². The van der Waals surface area contributed by atoms with Crippen molar-refractivity contribution < 1.29 is 14.6 Å². The SMILES string of the molecule is C=CCSc1nc2c(c(=O)[nH]1)C(c1ccc(O)c(OC)c1)C1=C(CCCC1=O)N2. The van der Waals surface area contributed by atoms with E-state index in [4.69, 9.17) is 4.74 Å². The molecule has 2 aromatic rings. The van der Waals surface area contributed by atoms with Gasteiger partial charge in [0.25, 0.3) is 5.56 Å². The van der Waals surface area contributed by atoms with Gasteiger partial charge in [-0.1, -0.05) is 23.9 Å². The zero-order chi connectivity index (χ0) is 20.5. The number of carbonyl (C=O) groups is 1. The molecule has 1 aliphatic carbocycles. The lowest BCUT2D eigenvalue weighted by molar-refractivity contribution is -0.116. The number of aromatic nitrogens is 2. The quantitative estimate of drug-likeness (QED) is 0.394. The summed E-state index contributed by atoms with van der Waals surface area (Å²) in [5.74, 6) is 0.815. The van der Waals surface area contributed by atoms with Crippen LogP contribution in [-0.4, -0.2) is 33.7 Å². The van der Waals surface area contributed by atoms with Crippen molar-refractivity contribution in [2.45, 2.75) is 30.3 Å². The molecule has 7 nitrogen and oxygen atoms in total. The van der Waals surface area contributed by atoms with Gasteiger partial charge in [0.15, 0.2) is 22.4 Å². The lowest BCUT2D eigenvalue weighted by atomic mass is 9.76. The number of phenols is 1. The summed E-state index contributed by atoms with van der Waals surface area (Å²) >= 11 is 1.38. The highest BCUT2D eigenvalue weighted by Gasteiger charge is 2.38. The van der Waals surface area contributed by atoms with Crippen molar-refractivity contribution in [3.63, 3.8) is 0 Å². The van der Waals surface area contributed by atoms with Gasteiger partial charge in [-0.3, -0.25) is 9.59 Å². The van der Waals surface area contributed by atoms with Gasteiger partial charge in [-0.15, -0.1) is 6.58 Å². The van der Waals surface area contributed by atoms with E-state index in [1.54, 1.807) is 18.2 Å². The Hall–Kier alpha value is -3.00. The fourth-order valence-electron chi connectivity index (χ4n) is 3.85. The normalized spacial score (nSPS) is 18.0. The van der Waals surface area contributed by atoms with Gasteiger partial charge in [0.2, 0.25) is 0 Å². The number of methoxy groups -OCH3 is 1. The summed E-state index contributed by atoms with van der Waals surface area (Å²) in [7, 11) is 1.46. The molecule has 2 heterocycles. The first-order valence-corrected chi connectivity index (χ1v) is 10.3. The van der Waals surface area contributed by atoms with Crippen LogP contribution in [-0.2, 0) is 4.79 Å². The largest absolute Gasteiger partial charge is 0.504 e. The summed E-state index contributed by atoms with van der Waals surface area (Å²) in [5.41, 5.74) is 2.20. The number of rotatable bonds is 5. The molecule has 1 unspecified atom stereocenters. The number of hydrogen-bond donors (Lipinski definition) is 3. The summed E-state index contributed by atoms with van der Waals surface area (Å²) in [6, 6.07) is 4.89. The number of H-pyrrole nitrogens is 1. The standard InChI is InChI=1S/C21H21N3O4S/c1-3-9-29-21-23-19-18(20(27)24-21)16(11-7-8-13(25)15(10-11)28-2)17-12(22-19)5-4-6-14(17)26/h3,7-8,10,16,25H,1,4-6,9H2,2H3,(H2,22,23,24,27). The van der Waals surface area contributed by atoms with Gasteiger partial charge in [-0.2, -0.15) is 0 Å². The average Bonchev–Trinajstić information content (AvgIpc) is 2.71. The third kappa shape index (κ3) is 3.44. The number of nitrogens with zero attached hydrogens (tertiary/aromatic N) is 1. The lowest BCUT2D eigenvalue weighted by Gasteiger charge is -2.32. The molecule has 0 amide bonds. The minimum atomic E-state index is -0.571. The predicted molar refractivity (Wildman–Crippen MR) is 112 cm³/mol. The number of ether oxygens (including phenoxy) is 1. The van der Waals surface area contributed by atoms with E-state index in [1.807, 2.05) is 0 Å². The van der Waals surface area contributed by atoms with Gasteiger partial charge in [-0.05, 0) is 30.5 Å². The maximum atomic E-state index is 13.0. The van der Waals surface area contributed by atoms with Crippen LogP contribution in [0.5, 0.6) is 11.5 Å². The minimum Gasteiger partial charge on any atom is -0.504 e. The fourth-order valence-corrected chi connectivity index (χ4v) is 4.45. The Morgan fingerprint density at radius 3 is 2.97 bits per heavy atom. The van der Waals surface area contributed by atoms with Crippen LogP contribution in [0.2, 0.25) is 0 Å². The van der Waals surface area contributed by atoms with Crippen LogP contribution in [0.15, 0.2) is 52.1 Å². The average molecular weight is 411 g/mol. The van der Waals surface area contributed by atoms with Crippen LogP contribution in [0.1, 0.15) is 36.3 Å². The third-order valence-electron chi connectivity index (χ3n) is 5.11. The van der Waals surface area contributed by atoms with Crippen molar-refractivity contribution in [2.75, 3.05) is 18.2 Å². The van der Waals surface area contributed by atoms with Crippen molar-refractivity contribution in [3.05, 3.63) is 63.6 Å². The van der Waals surface area contributed by atoms with E-state index < -0.39 is 5.92 Å². The van der Waals surface area contributed by atoms with Gasteiger partial charge in [-0.25, -0.2) is 4.98 Å². The molecule has 0 saturated carbocycles. The minimum absolute atomic E-state index is 0.00205. The second kappa shape index (κ2) is 7.79. The van der Waals surface area contributed by atoms with Crippen molar-refractivity contribution >= 4 is 23.4 Å². The molecule has 150 valence electrons. The van der Waals surface area contributed by atoms with Gasteiger partial charge in [0.05, 0.1) is 12.7 Å². The Bertz CT molecular complexity index is 1090. The van der Waals surface area contributed by atoms with Crippen LogP contribution in [0.25, 0.3) is 0 Å². The third-order valence-corrected chi connectivity index (χ3v) is 5.98. The van der Waals surface area contributed by atoms with Crippen LogP contribution in [0, 0.1) is 0 Å². The number of carbonyl (C=O) groups excluding carboxylic acids is 1. The molecule has 1 aromatic carbocycles. The summed E-state index contributed by atoms with van der Waals surface area (Å²) in [6.07, 6.45) is 3.66. The van der Waals surface area contributed by atoms with E-state index in [-0.39, 0.29) is 22.8 Å². The molecule has 0 radical (unpaired) electrons. The number of aromatic hydroxyl groups is 1. The summed E-state index contributed by atoms with van der Waals surface area (Å²) < 4.78 is 5.24. The van der Waals surface area contributed by atoms with Gasteiger partial charge >= 0.3 is 0 Å². The molecular weight excluding hydrogens is 390 g/mol. The molecule has 0 spiro atoms. The predicted octanol–water partition coefficient (Wildman–Crippen LogP) is 3.33. The first-order chi connectivity index (χ1) is 14.0. The fraction of sp³-hybridized carbons (Fsp3) is 0.286. The Morgan fingerprint density at radius 1 is 1.38 bits per heavy atom. The number of hydrogen-bond acceptors (Lipinski definition) is 7. The number of anilines is 1. The highest BCUT2D eigenvalue weighted by molar-refractivity contribution is 7.99. The smallest absolute Gasteiger partial charge is 0.257 e. The molecule has 0 saturated heterocycles. The second-order valence-electron chi connectivity index (χ2n) is 6.89. The number of ketones is 1. The Balaban J connectivity index is 1.92. The Kier molecular flexibility index (Phi) is 5.19. The van der Waals surface area contributed by atoms with Crippen LogP contribution in [0.3, 0.4) is 0 Å². The topological polar surface area (TPSA) is 104 Å². The number of phenolic OH excluding ortho intramolecular Hbond substituents is 1. The number of allylic oxidation sites excluding steroid dienone is 2. The molecular formula is C21H21N3O4S. The van der Waals surface area contributed by atoms with E-state index >= 15 is 0 Å². The van der Waals surface area contributed by atoms with Crippen molar-refractivity contribution in [2.24, 2.45) is 0 Å². The second-order valence-corrected chi connectivity index (χ2v) is 7.90. The molecule has 4 rings (SSSR count). The number of thioether (sulfide) groups is 1. The first kappa shape index (κ1) is 19.3. The summed E-state index contributed by atoms with van der Waals surface area (Å²) in [5, 5.41) is 13.7. The molecule has 8 heteroatoms. The maximum Gasteiger partial charge on any atom is 0.257 e. The summed E-state index contributed by atoms with van der Waals surface area (Å²) in [6.45, 7) is 3.69. The first-order valence-electron chi connectivity index (χ1n) is 9.31. The zero-order valence-electron chi connectivity index (χ0n) is 15.9. The van der Waals surface area contributed by atoms with E-state index in [1.165, 1.54) is 24.9 Å². The monoisotopic (exact) mass is 411 g/mol. The molecule has 3 N–H and O–H groups in total. The van der Waals surface area contributed by atoms with Crippen molar-refractivity contribution in [1.82, 2.24) is 9.97 Å². The van der Waals surface area contributed by atoms with E-state index in [0.717, 1.165) is 18.5 Å². The van der Waals surface area contributed by atoms with Crippen LogP contribution in [0.4, 0.5) is 5.82 Å². The highest BCUT2D eigenvalue weighted by atomic mass is 32.2. The van der Waals surface area contributed by atoms with E-state index in [9.17, 15) is 14.7 Å². The zero-order valence-corrected chi connectivity index (χ0v) is 16.8. The Morgan fingerprint density at radius 2 is 2.21 bits per heavy atom. The maximum absolute atomic E-state index is 13.0.